The summed E-state index contributed by atoms with van der Waals surface area (Å²) in [6, 6.07) is 0. The van der Waals surface area contributed by atoms with Crippen molar-refractivity contribution in [1.82, 2.24) is 10.2 Å². The first-order chi connectivity index (χ1) is 8.83. The Hall–Kier alpha value is -0.650. The molecule has 0 aromatic rings. The van der Waals surface area contributed by atoms with Gasteiger partial charge in [-0.2, -0.15) is 0 Å². The number of methoxy groups -OCH3 is 1. The number of morpholine rings is 1. The molecule has 1 unspecified atom stereocenters. The van der Waals surface area contributed by atoms with Crippen LogP contribution in [0.15, 0.2) is 0 Å². The standard InChI is InChI=1S/C14H28N2O3/c1-13(2)11-16(9-10-19-13)8-6-7-14(3,15-4)12(17)18-5/h15H,6-11H2,1-5H3. The van der Waals surface area contributed by atoms with E-state index in [2.05, 4.69) is 24.1 Å². The van der Waals surface area contributed by atoms with Gasteiger partial charge in [-0.25, -0.2) is 0 Å². The summed E-state index contributed by atoms with van der Waals surface area (Å²) in [4.78, 5) is 14.1. The Kier molecular flexibility index (Phi) is 5.77. The van der Waals surface area contributed by atoms with Gasteiger partial charge in [-0.05, 0) is 47.2 Å². The highest BCUT2D eigenvalue weighted by molar-refractivity contribution is 5.80. The van der Waals surface area contributed by atoms with Gasteiger partial charge in [-0.1, -0.05) is 0 Å². The molecule has 5 heteroatoms. The van der Waals surface area contributed by atoms with Gasteiger partial charge < -0.3 is 14.8 Å². The van der Waals surface area contributed by atoms with Crippen LogP contribution in [0.2, 0.25) is 0 Å². The highest BCUT2D eigenvalue weighted by Gasteiger charge is 2.32. The smallest absolute Gasteiger partial charge is 0.325 e. The third-order valence-corrected chi connectivity index (χ3v) is 3.84. The second-order valence-corrected chi connectivity index (χ2v) is 6.06. The molecule has 1 heterocycles. The molecule has 0 aromatic heterocycles. The van der Waals surface area contributed by atoms with E-state index in [9.17, 15) is 4.79 Å². The van der Waals surface area contributed by atoms with E-state index in [1.54, 1.807) is 7.05 Å². The Balaban J connectivity index is 2.38. The molecule has 1 atom stereocenters. The predicted octanol–water partition coefficient (Wildman–Crippen LogP) is 1.03. The first-order valence-corrected chi connectivity index (χ1v) is 6.97. The first kappa shape index (κ1) is 16.4. The normalized spacial score (nSPS) is 22.8. The number of esters is 1. The van der Waals surface area contributed by atoms with E-state index in [1.807, 2.05) is 6.92 Å². The number of hydrogen-bond acceptors (Lipinski definition) is 5. The molecule has 1 rings (SSSR count). The highest BCUT2D eigenvalue weighted by Crippen LogP contribution is 2.19. The number of ether oxygens (including phenoxy) is 2. The van der Waals surface area contributed by atoms with Crippen LogP contribution in [0.25, 0.3) is 0 Å². The van der Waals surface area contributed by atoms with Crippen LogP contribution in [0.5, 0.6) is 0 Å². The summed E-state index contributed by atoms with van der Waals surface area (Å²) in [5, 5.41) is 3.07. The molecule has 0 amide bonds. The van der Waals surface area contributed by atoms with E-state index in [0.29, 0.717) is 0 Å². The summed E-state index contributed by atoms with van der Waals surface area (Å²) < 4.78 is 10.5. The summed E-state index contributed by atoms with van der Waals surface area (Å²) in [5.41, 5.74) is -0.649. The molecule has 19 heavy (non-hydrogen) atoms. The lowest BCUT2D eigenvalue weighted by Gasteiger charge is -2.38. The lowest BCUT2D eigenvalue weighted by Crippen LogP contribution is -2.50. The van der Waals surface area contributed by atoms with Gasteiger partial charge >= 0.3 is 5.97 Å². The number of nitrogens with one attached hydrogen (secondary N) is 1. The van der Waals surface area contributed by atoms with Crippen LogP contribution < -0.4 is 5.32 Å². The van der Waals surface area contributed by atoms with Crippen molar-refractivity contribution in [3.05, 3.63) is 0 Å². The summed E-state index contributed by atoms with van der Waals surface area (Å²) in [7, 11) is 3.23. The second kappa shape index (κ2) is 6.68. The first-order valence-electron chi connectivity index (χ1n) is 6.97. The van der Waals surface area contributed by atoms with Gasteiger partial charge in [0.1, 0.15) is 5.54 Å². The number of hydrogen-bond donors (Lipinski definition) is 1. The summed E-state index contributed by atoms with van der Waals surface area (Å²) in [6.07, 6.45) is 1.73. The molecule has 0 spiro atoms. The SMILES string of the molecule is CNC(C)(CCCN1CCOC(C)(C)C1)C(=O)OC. The van der Waals surface area contributed by atoms with E-state index in [4.69, 9.17) is 9.47 Å². The largest absolute Gasteiger partial charge is 0.468 e. The predicted molar refractivity (Wildman–Crippen MR) is 75.2 cm³/mol. The zero-order valence-electron chi connectivity index (χ0n) is 12.9. The van der Waals surface area contributed by atoms with Gasteiger partial charge in [-0.3, -0.25) is 9.69 Å². The molecule has 1 N–H and O–H groups in total. The van der Waals surface area contributed by atoms with Crippen LogP contribution in [-0.4, -0.2) is 62.4 Å². The summed E-state index contributed by atoms with van der Waals surface area (Å²) in [5.74, 6) is -0.197. The number of rotatable bonds is 6. The summed E-state index contributed by atoms with van der Waals surface area (Å²) >= 11 is 0. The van der Waals surface area contributed by atoms with Crippen LogP contribution in [0.4, 0.5) is 0 Å². The molecule has 0 aliphatic carbocycles. The fourth-order valence-corrected chi connectivity index (χ4v) is 2.52. The maximum atomic E-state index is 11.7. The Bertz CT molecular complexity index is 307. The maximum Gasteiger partial charge on any atom is 0.325 e. The molecule has 1 fully saturated rings. The van der Waals surface area contributed by atoms with Crippen molar-refractivity contribution in [2.75, 3.05) is 40.4 Å². The molecule has 1 saturated heterocycles. The van der Waals surface area contributed by atoms with Gasteiger partial charge in [0.05, 0.1) is 19.3 Å². The quantitative estimate of drug-likeness (QED) is 0.732. The lowest BCUT2D eigenvalue weighted by atomic mass is 9.95. The van der Waals surface area contributed by atoms with Crippen molar-refractivity contribution in [2.45, 2.75) is 44.8 Å². The zero-order chi connectivity index (χ0) is 14.5. The molecular weight excluding hydrogens is 244 g/mol. The Labute approximate surface area is 116 Å². The number of carbonyl (C=O) groups is 1. The fraction of sp³-hybridized carbons (Fsp3) is 0.929. The molecular formula is C14H28N2O3. The average molecular weight is 272 g/mol. The fourth-order valence-electron chi connectivity index (χ4n) is 2.52. The number of nitrogens with zero attached hydrogens (tertiary/aromatic N) is 1. The van der Waals surface area contributed by atoms with Crippen LogP contribution in [0, 0.1) is 0 Å². The van der Waals surface area contributed by atoms with Gasteiger partial charge in [-0.15, -0.1) is 0 Å². The number of likely N-dealkylation sites (N-methyl/N-ethyl adjacent to an activating group) is 1. The monoisotopic (exact) mass is 272 g/mol. The van der Waals surface area contributed by atoms with Gasteiger partial charge in [0.25, 0.3) is 0 Å². The molecule has 1 aliphatic rings. The molecule has 0 radical (unpaired) electrons. The van der Waals surface area contributed by atoms with Gasteiger partial charge in [0, 0.05) is 13.1 Å². The molecule has 5 nitrogen and oxygen atoms in total. The molecule has 112 valence electrons. The molecule has 0 saturated carbocycles. The van der Waals surface area contributed by atoms with E-state index >= 15 is 0 Å². The van der Waals surface area contributed by atoms with Gasteiger partial charge in [0.2, 0.25) is 0 Å². The molecule has 1 aliphatic heterocycles. The van der Waals surface area contributed by atoms with Crippen molar-refractivity contribution in [3.8, 4) is 0 Å². The van der Waals surface area contributed by atoms with Crippen molar-refractivity contribution in [1.29, 1.82) is 0 Å². The molecule has 0 aromatic carbocycles. The van der Waals surface area contributed by atoms with E-state index in [0.717, 1.165) is 39.1 Å². The molecule has 0 bridgehead atoms. The van der Waals surface area contributed by atoms with Crippen LogP contribution in [-0.2, 0) is 14.3 Å². The Morgan fingerprint density at radius 1 is 1.53 bits per heavy atom. The maximum absolute atomic E-state index is 11.7. The zero-order valence-corrected chi connectivity index (χ0v) is 12.9. The van der Waals surface area contributed by atoms with Crippen LogP contribution in [0.1, 0.15) is 33.6 Å². The van der Waals surface area contributed by atoms with Crippen molar-refractivity contribution in [2.24, 2.45) is 0 Å². The van der Waals surface area contributed by atoms with E-state index in [1.165, 1.54) is 7.11 Å². The second-order valence-electron chi connectivity index (χ2n) is 6.06. The minimum Gasteiger partial charge on any atom is -0.468 e. The Morgan fingerprint density at radius 2 is 2.21 bits per heavy atom. The topological polar surface area (TPSA) is 50.8 Å². The third kappa shape index (κ3) is 4.75. The van der Waals surface area contributed by atoms with E-state index < -0.39 is 5.54 Å². The Morgan fingerprint density at radius 3 is 2.74 bits per heavy atom. The lowest BCUT2D eigenvalue weighted by molar-refractivity contribution is -0.148. The van der Waals surface area contributed by atoms with Crippen molar-refractivity contribution < 1.29 is 14.3 Å². The van der Waals surface area contributed by atoms with Crippen LogP contribution in [0.3, 0.4) is 0 Å². The minimum absolute atomic E-state index is 0.0626. The third-order valence-electron chi connectivity index (χ3n) is 3.84. The van der Waals surface area contributed by atoms with Crippen molar-refractivity contribution >= 4 is 5.97 Å². The summed E-state index contributed by atoms with van der Waals surface area (Å²) in [6.45, 7) is 9.81. The minimum atomic E-state index is -0.587. The number of carbonyl (C=O) groups excluding carboxylic acids is 1. The highest BCUT2D eigenvalue weighted by atomic mass is 16.5. The van der Waals surface area contributed by atoms with Gasteiger partial charge in [0.15, 0.2) is 0 Å². The average Bonchev–Trinajstić information content (AvgIpc) is 2.36. The van der Waals surface area contributed by atoms with Crippen LogP contribution >= 0.6 is 0 Å². The van der Waals surface area contributed by atoms with E-state index in [-0.39, 0.29) is 11.6 Å². The van der Waals surface area contributed by atoms with Crippen molar-refractivity contribution in [3.63, 3.8) is 0 Å².